The number of ketones is 1. The Labute approximate surface area is 121 Å². The average Bonchev–Trinajstić information content (AvgIpc) is 2.29. The van der Waals surface area contributed by atoms with Gasteiger partial charge in [-0.05, 0) is 26.8 Å². The number of para-hydroxylation sites is 1. The van der Waals surface area contributed by atoms with E-state index in [4.69, 9.17) is 4.74 Å². The number of carbonyl (C=O) groups is 2. The van der Waals surface area contributed by atoms with Gasteiger partial charge in [0.2, 0.25) is 0 Å². The summed E-state index contributed by atoms with van der Waals surface area (Å²) in [4.78, 5) is 24.1. The predicted molar refractivity (Wildman–Crippen MR) is 79.7 cm³/mol. The first-order valence-corrected chi connectivity index (χ1v) is 6.85. The number of rotatable bonds is 3. The van der Waals surface area contributed by atoms with Crippen LogP contribution in [0.4, 0.5) is 0 Å². The molecule has 0 amide bonds. The van der Waals surface area contributed by atoms with Gasteiger partial charge in [-0.2, -0.15) is 0 Å². The molecule has 0 saturated heterocycles. The summed E-state index contributed by atoms with van der Waals surface area (Å²) in [5.41, 5.74) is -0.215. The molecule has 0 aromatic heterocycles. The molecule has 0 aliphatic heterocycles. The molecule has 110 valence electrons. The van der Waals surface area contributed by atoms with Crippen LogP contribution < -0.4 is 4.74 Å². The SMILES string of the molecule is CC(C)(C)C(=O)Cc1ccccc1OC(=O)C(C)(C)C. The van der Waals surface area contributed by atoms with Gasteiger partial charge in [0.05, 0.1) is 5.41 Å². The topological polar surface area (TPSA) is 43.4 Å². The van der Waals surface area contributed by atoms with Crippen molar-refractivity contribution >= 4 is 11.8 Å². The highest BCUT2D eigenvalue weighted by Crippen LogP contribution is 2.26. The maximum Gasteiger partial charge on any atom is 0.316 e. The van der Waals surface area contributed by atoms with Gasteiger partial charge in [-0.15, -0.1) is 0 Å². The van der Waals surface area contributed by atoms with Crippen LogP contribution in [-0.4, -0.2) is 11.8 Å². The fraction of sp³-hybridized carbons (Fsp3) is 0.529. The van der Waals surface area contributed by atoms with Gasteiger partial charge in [-0.1, -0.05) is 39.0 Å². The maximum atomic E-state index is 12.1. The quantitative estimate of drug-likeness (QED) is 0.623. The van der Waals surface area contributed by atoms with E-state index in [2.05, 4.69) is 0 Å². The van der Waals surface area contributed by atoms with E-state index in [1.807, 2.05) is 32.9 Å². The highest BCUT2D eigenvalue weighted by atomic mass is 16.5. The number of carbonyl (C=O) groups excluding carboxylic acids is 2. The van der Waals surface area contributed by atoms with E-state index in [0.717, 1.165) is 5.56 Å². The molecule has 1 aromatic carbocycles. The molecule has 0 bridgehead atoms. The highest BCUT2D eigenvalue weighted by Gasteiger charge is 2.26. The summed E-state index contributed by atoms with van der Waals surface area (Å²) in [6.07, 6.45) is 0.275. The lowest BCUT2D eigenvalue weighted by Gasteiger charge is -2.20. The Bertz CT molecular complexity index is 455. The van der Waals surface area contributed by atoms with Crippen LogP contribution in [0.5, 0.6) is 5.75 Å². The molecular formula is C17H24O3. The molecule has 1 aromatic rings. The fourth-order valence-corrected chi connectivity index (χ4v) is 1.44. The Hall–Kier alpha value is -1.64. The van der Waals surface area contributed by atoms with Crippen molar-refractivity contribution in [3.05, 3.63) is 29.8 Å². The van der Waals surface area contributed by atoms with Gasteiger partial charge >= 0.3 is 5.97 Å². The molecule has 0 unspecified atom stereocenters. The normalized spacial score (nSPS) is 12.1. The Balaban J connectivity index is 2.95. The van der Waals surface area contributed by atoms with Crippen LogP contribution in [0.1, 0.15) is 47.1 Å². The van der Waals surface area contributed by atoms with Crippen LogP contribution in [0.15, 0.2) is 24.3 Å². The Morgan fingerprint density at radius 3 is 2.00 bits per heavy atom. The fourth-order valence-electron chi connectivity index (χ4n) is 1.44. The third-order valence-electron chi connectivity index (χ3n) is 2.98. The summed E-state index contributed by atoms with van der Waals surface area (Å²) < 4.78 is 5.43. The van der Waals surface area contributed by atoms with Crippen molar-refractivity contribution in [3.8, 4) is 5.75 Å². The zero-order valence-corrected chi connectivity index (χ0v) is 13.2. The van der Waals surface area contributed by atoms with E-state index in [9.17, 15) is 9.59 Å². The molecular weight excluding hydrogens is 252 g/mol. The minimum absolute atomic E-state index is 0.122. The van der Waals surface area contributed by atoms with Crippen LogP contribution in [0.25, 0.3) is 0 Å². The second-order valence-electron chi connectivity index (χ2n) is 7.10. The summed E-state index contributed by atoms with van der Waals surface area (Å²) >= 11 is 0. The van der Waals surface area contributed by atoms with Gasteiger partial charge < -0.3 is 4.74 Å². The van der Waals surface area contributed by atoms with Gasteiger partial charge in [0.15, 0.2) is 0 Å². The molecule has 0 atom stereocenters. The summed E-state index contributed by atoms with van der Waals surface area (Å²) in [5, 5.41) is 0. The molecule has 0 spiro atoms. The molecule has 0 heterocycles. The first-order valence-electron chi connectivity index (χ1n) is 6.85. The smallest absolute Gasteiger partial charge is 0.316 e. The lowest BCUT2D eigenvalue weighted by atomic mass is 9.87. The van der Waals surface area contributed by atoms with Crippen molar-refractivity contribution in [2.24, 2.45) is 10.8 Å². The van der Waals surface area contributed by atoms with E-state index < -0.39 is 10.8 Å². The molecule has 3 nitrogen and oxygen atoms in total. The summed E-state index contributed by atoms with van der Waals surface area (Å²) in [5.74, 6) is 0.301. The van der Waals surface area contributed by atoms with Gasteiger partial charge in [-0.3, -0.25) is 9.59 Å². The van der Waals surface area contributed by atoms with Crippen LogP contribution in [0.2, 0.25) is 0 Å². The molecule has 1 rings (SSSR count). The van der Waals surface area contributed by atoms with Crippen LogP contribution >= 0.6 is 0 Å². The Kier molecular flexibility index (Phi) is 4.74. The molecule has 0 radical (unpaired) electrons. The zero-order valence-electron chi connectivity index (χ0n) is 13.2. The largest absolute Gasteiger partial charge is 0.426 e. The van der Waals surface area contributed by atoms with Crippen molar-refractivity contribution in [1.82, 2.24) is 0 Å². The average molecular weight is 276 g/mol. The van der Waals surface area contributed by atoms with E-state index in [1.165, 1.54) is 0 Å². The molecule has 0 saturated carbocycles. The van der Waals surface area contributed by atoms with E-state index in [0.29, 0.717) is 5.75 Å². The monoisotopic (exact) mass is 276 g/mol. The molecule has 0 aliphatic carbocycles. The second kappa shape index (κ2) is 5.78. The first kappa shape index (κ1) is 16.4. The summed E-state index contributed by atoms with van der Waals surface area (Å²) in [7, 11) is 0. The number of esters is 1. The van der Waals surface area contributed by atoms with Gasteiger partial charge in [0, 0.05) is 17.4 Å². The molecule has 0 aliphatic rings. The predicted octanol–water partition coefficient (Wildman–Crippen LogP) is 3.80. The zero-order chi connectivity index (χ0) is 15.6. The molecule has 20 heavy (non-hydrogen) atoms. The Morgan fingerprint density at radius 2 is 1.50 bits per heavy atom. The van der Waals surface area contributed by atoms with Crippen LogP contribution in [0.3, 0.4) is 0 Å². The lowest BCUT2D eigenvalue weighted by Crippen LogP contribution is -2.27. The lowest BCUT2D eigenvalue weighted by molar-refractivity contribution is -0.143. The standard InChI is InChI=1S/C17H24O3/c1-16(2,3)14(18)11-12-9-7-8-10-13(12)20-15(19)17(4,5)6/h7-10H,11H2,1-6H3. The van der Waals surface area contributed by atoms with E-state index in [1.54, 1.807) is 32.9 Å². The number of benzene rings is 1. The molecule has 0 fully saturated rings. The van der Waals surface area contributed by atoms with Gasteiger partial charge in [0.25, 0.3) is 0 Å². The van der Waals surface area contributed by atoms with Crippen LogP contribution in [-0.2, 0) is 16.0 Å². The minimum atomic E-state index is -0.568. The molecule has 3 heteroatoms. The number of Topliss-reactive ketones (excluding diaryl/α,β-unsaturated/α-hetero) is 1. The van der Waals surface area contributed by atoms with Gasteiger partial charge in [0.1, 0.15) is 11.5 Å². The summed E-state index contributed by atoms with van der Waals surface area (Å²) in [6.45, 7) is 11.1. The third-order valence-corrected chi connectivity index (χ3v) is 2.98. The number of hydrogen-bond acceptors (Lipinski definition) is 3. The van der Waals surface area contributed by atoms with Gasteiger partial charge in [-0.25, -0.2) is 0 Å². The van der Waals surface area contributed by atoms with Crippen molar-refractivity contribution in [2.75, 3.05) is 0 Å². The van der Waals surface area contributed by atoms with Crippen molar-refractivity contribution < 1.29 is 14.3 Å². The summed E-state index contributed by atoms with van der Waals surface area (Å²) in [6, 6.07) is 7.21. The first-order chi connectivity index (χ1) is 9.01. The van der Waals surface area contributed by atoms with Crippen LogP contribution in [0, 0.1) is 10.8 Å². The maximum absolute atomic E-state index is 12.1. The van der Waals surface area contributed by atoms with E-state index >= 15 is 0 Å². The number of ether oxygens (including phenoxy) is 1. The van der Waals surface area contributed by atoms with E-state index in [-0.39, 0.29) is 18.2 Å². The third kappa shape index (κ3) is 4.48. The van der Waals surface area contributed by atoms with Crippen molar-refractivity contribution in [2.45, 2.75) is 48.0 Å². The highest BCUT2D eigenvalue weighted by molar-refractivity contribution is 5.86. The Morgan fingerprint density at radius 1 is 0.950 bits per heavy atom. The number of hydrogen-bond donors (Lipinski definition) is 0. The minimum Gasteiger partial charge on any atom is -0.426 e. The van der Waals surface area contributed by atoms with Crippen molar-refractivity contribution in [3.63, 3.8) is 0 Å². The van der Waals surface area contributed by atoms with Crippen molar-refractivity contribution in [1.29, 1.82) is 0 Å². The second-order valence-corrected chi connectivity index (χ2v) is 7.10. The molecule has 0 N–H and O–H groups in total.